The van der Waals surface area contributed by atoms with E-state index in [0.29, 0.717) is 5.56 Å². The number of hydrogen-bond acceptors (Lipinski definition) is 1. The Hall–Kier alpha value is -3.39. The number of hydrogen-bond donors (Lipinski definition) is 1. The topological polar surface area (TPSA) is 12.0 Å². The van der Waals surface area contributed by atoms with Crippen LogP contribution in [0.2, 0.25) is 0 Å². The van der Waals surface area contributed by atoms with E-state index in [9.17, 15) is 4.39 Å². The lowest BCUT2D eigenvalue weighted by Crippen LogP contribution is -1.99. The Morgan fingerprint density at radius 2 is 1.15 bits per heavy atom. The highest BCUT2D eigenvalue weighted by molar-refractivity contribution is 5.71. The minimum absolute atomic E-state index is 0.184. The van der Waals surface area contributed by atoms with Gasteiger partial charge in [0.05, 0.1) is 0 Å². The minimum Gasteiger partial charge on any atom is -0.385 e. The third-order valence-electron chi connectivity index (χ3n) is 6.16. The average Bonchev–Trinajstić information content (AvgIpc) is 2.87. The van der Waals surface area contributed by atoms with Gasteiger partial charge in [0.15, 0.2) is 0 Å². The molecule has 0 aliphatic carbocycles. The summed E-state index contributed by atoms with van der Waals surface area (Å²) < 4.78 is 14.9. The highest BCUT2D eigenvalue weighted by Crippen LogP contribution is 2.28. The van der Waals surface area contributed by atoms with Crippen LogP contribution < -0.4 is 5.32 Å². The molecule has 0 aliphatic heterocycles. The van der Waals surface area contributed by atoms with Crippen LogP contribution in [0.5, 0.6) is 0 Å². The molecule has 0 radical (unpaired) electrons. The maximum absolute atomic E-state index is 14.9. The molecule has 0 spiro atoms. The fourth-order valence-electron chi connectivity index (χ4n) is 4.06. The van der Waals surface area contributed by atoms with Crippen molar-refractivity contribution in [2.24, 2.45) is 0 Å². The molecule has 4 rings (SSSR count). The summed E-state index contributed by atoms with van der Waals surface area (Å²) in [6, 6.07) is 30.9. The number of anilines is 1. The van der Waals surface area contributed by atoms with Gasteiger partial charge in [0, 0.05) is 17.8 Å². The van der Waals surface area contributed by atoms with Crippen molar-refractivity contribution in [2.45, 2.75) is 39.5 Å². The first kappa shape index (κ1) is 22.8. The Kier molecular flexibility index (Phi) is 7.57. The van der Waals surface area contributed by atoms with Crippen molar-refractivity contribution < 1.29 is 4.39 Å². The first-order chi connectivity index (χ1) is 16.2. The summed E-state index contributed by atoms with van der Waals surface area (Å²) in [6.45, 7) is 5.31. The lowest BCUT2D eigenvalue weighted by molar-refractivity contribution is 0.632. The second kappa shape index (κ2) is 11.0. The van der Waals surface area contributed by atoms with E-state index in [0.717, 1.165) is 48.9 Å². The molecule has 4 aromatic rings. The van der Waals surface area contributed by atoms with Crippen molar-refractivity contribution in [1.29, 1.82) is 0 Å². The minimum atomic E-state index is -0.184. The van der Waals surface area contributed by atoms with E-state index >= 15 is 0 Å². The van der Waals surface area contributed by atoms with Crippen LogP contribution in [-0.4, -0.2) is 6.54 Å². The second-order valence-electron chi connectivity index (χ2n) is 8.57. The monoisotopic (exact) mass is 437 g/mol. The highest BCUT2D eigenvalue weighted by atomic mass is 19.1. The molecule has 1 nitrogen and oxygen atoms in total. The highest BCUT2D eigenvalue weighted by Gasteiger charge is 2.08. The normalized spacial score (nSPS) is 10.9. The summed E-state index contributed by atoms with van der Waals surface area (Å²) in [4.78, 5) is 0. The van der Waals surface area contributed by atoms with Gasteiger partial charge in [-0.2, -0.15) is 0 Å². The Morgan fingerprint density at radius 3 is 1.73 bits per heavy atom. The largest absolute Gasteiger partial charge is 0.385 e. The zero-order valence-electron chi connectivity index (χ0n) is 19.6. The van der Waals surface area contributed by atoms with Crippen molar-refractivity contribution in [1.82, 2.24) is 0 Å². The van der Waals surface area contributed by atoms with Crippen LogP contribution in [0.15, 0.2) is 91.0 Å². The fraction of sp³-hybridized carbons (Fsp3) is 0.226. The number of halogens is 1. The first-order valence-electron chi connectivity index (χ1n) is 12.0. The van der Waals surface area contributed by atoms with Crippen molar-refractivity contribution in [3.8, 4) is 22.3 Å². The average molecular weight is 438 g/mol. The van der Waals surface area contributed by atoms with Crippen LogP contribution in [0.1, 0.15) is 37.0 Å². The van der Waals surface area contributed by atoms with Gasteiger partial charge < -0.3 is 5.32 Å². The Bertz CT molecular complexity index is 1160. The summed E-state index contributed by atoms with van der Waals surface area (Å²) in [6.07, 6.45) is 4.09. The van der Waals surface area contributed by atoms with Crippen LogP contribution in [0.4, 0.5) is 10.1 Å². The lowest BCUT2D eigenvalue weighted by Gasteiger charge is -2.09. The molecule has 0 saturated heterocycles. The second-order valence-corrected chi connectivity index (χ2v) is 8.57. The van der Waals surface area contributed by atoms with E-state index in [1.54, 1.807) is 6.07 Å². The van der Waals surface area contributed by atoms with Gasteiger partial charge in [0.25, 0.3) is 0 Å². The lowest BCUT2D eigenvalue weighted by atomic mass is 9.97. The van der Waals surface area contributed by atoms with Gasteiger partial charge in [-0.25, -0.2) is 4.39 Å². The van der Waals surface area contributed by atoms with Crippen molar-refractivity contribution in [3.63, 3.8) is 0 Å². The molecule has 0 atom stereocenters. The van der Waals surface area contributed by atoms with Crippen molar-refractivity contribution in [2.75, 3.05) is 11.9 Å². The molecule has 168 valence electrons. The molecule has 0 saturated carbocycles. The molecule has 0 heterocycles. The Labute approximate surface area is 197 Å². The Balaban J connectivity index is 1.40. The molecule has 4 aromatic carbocycles. The van der Waals surface area contributed by atoms with E-state index in [-0.39, 0.29) is 5.82 Å². The van der Waals surface area contributed by atoms with Crippen LogP contribution in [0, 0.1) is 5.82 Å². The van der Waals surface area contributed by atoms with Gasteiger partial charge in [-0.1, -0.05) is 86.6 Å². The van der Waals surface area contributed by atoms with Gasteiger partial charge in [-0.15, -0.1) is 0 Å². The maximum atomic E-state index is 14.9. The summed E-state index contributed by atoms with van der Waals surface area (Å²) in [7, 11) is 0. The molecule has 0 aliphatic rings. The molecule has 0 bridgehead atoms. The quantitative estimate of drug-likeness (QED) is 0.277. The zero-order valence-corrected chi connectivity index (χ0v) is 19.6. The summed E-state index contributed by atoms with van der Waals surface area (Å²) in [5.41, 5.74) is 8.57. The predicted molar refractivity (Wildman–Crippen MR) is 139 cm³/mol. The molecule has 33 heavy (non-hydrogen) atoms. The summed E-state index contributed by atoms with van der Waals surface area (Å²) in [5.74, 6) is -0.184. The van der Waals surface area contributed by atoms with Crippen LogP contribution in [0.3, 0.4) is 0 Å². The Morgan fingerprint density at radius 1 is 0.606 bits per heavy atom. The number of benzene rings is 4. The number of nitrogens with one attached hydrogen (secondary N) is 1. The van der Waals surface area contributed by atoms with Gasteiger partial charge in [-0.05, 0) is 77.3 Å². The number of aryl methyl sites for hydroxylation is 3. The van der Waals surface area contributed by atoms with Gasteiger partial charge >= 0.3 is 0 Å². The van der Waals surface area contributed by atoms with Crippen molar-refractivity contribution in [3.05, 3.63) is 114 Å². The van der Waals surface area contributed by atoms with Crippen LogP contribution in [-0.2, 0) is 19.3 Å². The molecular formula is C31H32FN. The smallest absolute Gasteiger partial charge is 0.131 e. The molecule has 0 fully saturated rings. The standard InChI is InChI=1S/C31H32FN/c1-3-21-33-29-18-11-25(12-19-29)6-5-24-9-15-27(16-10-24)30-20-17-28(22-31(30)32)26-13-7-23(4-2)8-14-26/h7-20,22,33H,3-6,21H2,1-2H3. The predicted octanol–water partition coefficient (Wildman–Crippen LogP) is 8.33. The van der Waals surface area contributed by atoms with Crippen LogP contribution >= 0.6 is 0 Å². The van der Waals surface area contributed by atoms with Gasteiger partial charge in [0.1, 0.15) is 5.82 Å². The summed E-state index contributed by atoms with van der Waals surface area (Å²) >= 11 is 0. The SMILES string of the molecule is CCCNc1ccc(CCc2ccc(-c3ccc(-c4ccc(CC)cc4)cc3F)cc2)cc1. The fourth-order valence-corrected chi connectivity index (χ4v) is 4.06. The molecule has 2 heteroatoms. The third-order valence-corrected chi connectivity index (χ3v) is 6.16. The number of rotatable bonds is 9. The maximum Gasteiger partial charge on any atom is 0.131 e. The van der Waals surface area contributed by atoms with E-state index < -0.39 is 0 Å². The summed E-state index contributed by atoms with van der Waals surface area (Å²) in [5, 5.41) is 3.41. The first-order valence-corrected chi connectivity index (χ1v) is 12.0. The third kappa shape index (κ3) is 5.90. The zero-order chi connectivity index (χ0) is 23.0. The van der Waals surface area contributed by atoms with E-state index in [4.69, 9.17) is 0 Å². The van der Waals surface area contributed by atoms with Crippen molar-refractivity contribution >= 4 is 5.69 Å². The van der Waals surface area contributed by atoms with Crippen LogP contribution in [0.25, 0.3) is 22.3 Å². The van der Waals surface area contributed by atoms with E-state index in [2.05, 4.69) is 79.8 Å². The van der Waals surface area contributed by atoms with Gasteiger partial charge in [-0.3, -0.25) is 0 Å². The molecular weight excluding hydrogens is 405 g/mol. The van der Waals surface area contributed by atoms with Gasteiger partial charge in [0.2, 0.25) is 0 Å². The van der Waals surface area contributed by atoms with E-state index in [1.165, 1.54) is 22.4 Å². The molecule has 1 N–H and O–H groups in total. The molecule has 0 aromatic heterocycles. The molecule has 0 unspecified atom stereocenters. The van der Waals surface area contributed by atoms with E-state index in [1.807, 2.05) is 24.3 Å². The molecule has 0 amide bonds.